The first-order valence-electron chi connectivity index (χ1n) is 8.83. The van der Waals surface area contributed by atoms with Gasteiger partial charge in [-0.25, -0.2) is 0 Å². The van der Waals surface area contributed by atoms with Crippen LogP contribution >= 0.6 is 0 Å². The van der Waals surface area contributed by atoms with Gasteiger partial charge in [0.2, 0.25) is 0 Å². The molecule has 0 aromatic rings. The lowest BCUT2D eigenvalue weighted by Crippen LogP contribution is -2.07. The molecule has 0 saturated heterocycles. The maximum atomic E-state index is 8.98. The summed E-state index contributed by atoms with van der Waals surface area (Å²) in [6.07, 6.45) is 21.6. The first kappa shape index (κ1) is 22.6. The SMILES string of the molecule is C#CC=CCCCCCCC=CC#CCCCC#CC#CC(O)CO. The molecule has 1 atom stereocenters. The minimum absolute atomic E-state index is 0.359. The average Bonchev–Trinajstić information content (AvgIpc) is 2.63. The van der Waals surface area contributed by atoms with Gasteiger partial charge in [0.05, 0.1) is 6.61 Å². The minimum atomic E-state index is -0.997. The Morgan fingerprint density at radius 1 is 0.840 bits per heavy atom. The number of aliphatic hydroxyl groups excluding tert-OH is 2. The molecule has 0 aromatic carbocycles. The van der Waals surface area contributed by atoms with Gasteiger partial charge in [0.15, 0.2) is 0 Å². The van der Waals surface area contributed by atoms with Crippen LogP contribution in [0.4, 0.5) is 0 Å². The lowest BCUT2D eigenvalue weighted by atomic mass is 10.1. The van der Waals surface area contributed by atoms with E-state index in [0.717, 1.165) is 32.1 Å². The molecule has 0 radical (unpaired) electrons. The van der Waals surface area contributed by atoms with Crippen molar-refractivity contribution in [3.63, 3.8) is 0 Å². The minimum Gasteiger partial charge on any atom is -0.393 e. The highest BCUT2D eigenvalue weighted by Gasteiger charge is 1.90. The molecule has 0 rings (SSSR count). The number of aliphatic hydroxyl groups is 2. The largest absolute Gasteiger partial charge is 0.393 e. The number of rotatable bonds is 10. The smallest absolute Gasteiger partial charge is 0.138 e. The molecule has 0 heterocycles. The zero-order valence-electron chi connectivity index (χ0n) is 14.9. The van der Waals surface area contributed by atoms with Crippen molar-refractivity contribution in [3.05, 3.63) is 24.3 Å². The molecule has 0 aliphatic carbocycles. The van der Waals surface area contributed by atoms with E-state index in [0.29, 0.717) is 0 Å². The van der Waals surface area contributed by atoms with Crippen LogP contribution in [-0.4, -0.2) is 22.9 Å². The zero-order valence-corrected chi connectivity index (χ0v) is 14.9. The van der Waals surface area contributed by atoms with Gasteiger partial charge in [-0.3, -0.25) is 0 Å². The van der Waals surface area contributed by atoms with E-state index < -0.39 is 6.10 Å². The lowest BCUT2D eigenvalue weighted by Gasteiger charge is -1.95. The molecular weight excluding hydrogens is 308 g/mol. The van der Waals surface area contributed by atoms with Crippen molar-refractivity contribution >= 4 is 0 Å². The van der Waals surface area contributed by atoms with E-state index in [2.05, 4.69) is 53.6 Å². The number of hydrogen-bond donors (Lipinski definition) is 2. The van der Waals surface area contributed by atoms with E-state index in [1.807, 2.05) is 6.08 Å². The second kappa shape index (κ2) is 19.7. The maximum absolute atomic E-state index is 8.98. The molecule has 1 unspecified atom stereocenters. The molecule has 2 nitrogen and oxygen atoms in total. The van der Waals surface area contributed by atoms with Crippen molar-refractivity contribution in [2.24, 2.45) is 0 Å². The van der Waals surface area contributed by atoms with Crippen LogP contribution in [0.3, 0.4) is 0 Å². The average molecular weight is 336 g/mol. The highest BCUT2D eigenvalue weighted by molar-refractivity contribution is 5.27. The second-order valence-electron chi connectivity index (χ2n) is 5.41. The predicted octanol–water partition coefficient (Wildman–Crippen LogP) is 3.61. The Hall–Kier alpha value is -2.36. The van der Waals surface area contributed by atoms with Crippen LogP contribution in [0.2, 0.25) is 0 Å². The fourth-order valence-electron chi connectivity index (χ4n) is 1.84. The van der Waals surface area contributed by atoms with Gasteiger partial charge in [0.1, 0.15) is 6.10 Å². The molecule has 0 amide bonds. The van der Waals surface area contributed by atoms with Gasteiger partial charge < -0.3 is 10.2 Å². The molecule has 0 bridgehead atoms. The Balaban J connectivity index is 3.51. The van der Waals surface area contributed by atoms with Crippen molar-refractivity contribution in [2.45, 2.75) is 63.9 Å². The van der Waals surface area contributed by atoms with Crippen molar-refractivity contribution in [1.29, 1.82) is 0 Å². The highest BCUT2D eigenvalue weighted by atomic mass is 16.3. The van der Waals surface area contributed by atoms with Gasteiger partial charge in [-0.1, -0.05) is 54.6 Å². The van der Waals surface area contributed by atoms with Gasteiger partial charge in [0, 0.05) is 12.8 Å². The van der Waals surface area contributed by atoms with Crippen LogP contribution in [0.1, 0.15) is 57.8 Å². The van der Waals surface area contributed by atoms with Gasteiger partial charge in [-0.2, -0.15) is 0 Å². The van der Waals surface area contributed by atoms with E-state index in [-0.39, 0.29) is 6.61 Å². The number of allylic oxidation sites excluding steroid dienone is 4. The van der Waals surface area contributed by atoms with Crippen molar-refractivity contribution < 1.29 is 10.2 Å². The van der Waals surface area contributed by atoms with Gasteiger partial charge >= 0.3 is 0 Å². The molecule has 0 saturated carbocycles. The lowest BCUT2D eigenvalue weighted by molar-refractivity contribution is 0.138. The highest BCUT2D eigenvalue weighted by Crippen LogP contribution is 2.06. The molecule has 0 spiro atoms. The molecule has 0 aliphatic heterocycles. The summed E-state index contributed by atoms with van der Waals surface area (Å²) in [4.78, 5) is 0. The summed E-state index contributed by atoms with van der Waals surface area (Å²) in [5.41, 5.74) is 0. The van der Waals surface area contributed by atoms with E-state index >= 15 is 0 Å². The van der Waals surface area contributed by atoms with Crippen LogP contribution < -0.4 is 0 Å². The second-order valence-corrected chi connectivity index (χ2v) is 5.41. The summed E-state index contributed by atoms with van der Waals surface area (Å²) in [6, 6.07) is 0. The fourth-order valence-corrected chi connectivity index (χ4v) is 1.84. The summed E-state index contributed by atoms with van der Waals surface area (Å²) < 4.78 is 0. The molecule has 0 fully saturated rings. The Morgan fingerprint density at radius 3 is 2.20 bits per heavy atom. The topological polar surface area (TPSA) is 40.5 Å². The van der Waals surface area contributed by atoms with E-state index in [1.165, 1.54) is 25.7 Å². The molecular formula is C23H28O2. The molecule has 0 aliphatic rings. The fraction of sp³-hybridized carbons (Fsp3) is 0.478. The summed E-state index contributed by atoms with van der Waals surface area (Å²) in [7, 11) is 0. The summed E-state index contributed by atoms with van der Waals surface area (Å²) >= 11 is 0. The zero-order chi connectivity index (χ0) is 18.4. The number of terminal acetylenes is 1. The third kappa shape index (κ3) is 19.6. The predicted molar refractivity (Wildman–Crippen MR) is 105 cm³/mol. The van der Waals surface area contributed by atoms with Gasteiger partial charge in [-0.05, 0) is 56.1 Å². The maximum Gasteiger partial charge on any atom is 0.138 e. The number of hydrogen-bond acceptors (Lipinski definition) is 2. The molecule has 25 heavy (non-hydrogen) atoms. The third-order valence-corrected chi connectivity index (χ3v) is 3.18. The molecule has 0 aromatic heterocycles. The Bertz CT molecular complexity index is 600. The standard InChI is InChI=1S/C23H28O2/c1-2-3-4-5-6-7-8-9-10-11-12-13-14-15-16-17-18-19-20-21-23(25)22-24/h1,3-4,11-12,23-25H,5-10,15-17,22H2. The van der Waals surface area contributed by atoms with E-state index in [1.54, 1.807) is 6.08 Å². The Labute approximate surface area is 153 Å². The van der Waals surface area contributed by atoms with E-state index in [4.69, 9.17) is 16.6 Å². The molecule has 132 valence electrons. The summed E-state index contributed by atoms with van der Waals surface area (Å²) in [5, 5.41) is 17.5. The van der Waals surface area contributed by atoms with Crippen molar-refractivity contribution in [2.75, 3.05) is 6.61 Å². The molecule has 2 N–H and O–H groups in total. The van der Waals surface area contributed by atoms with E-state index in [9.17, 15) is 0 Å². The Kier molecular flexibility index (Phi) is 17.8. The van der Waals surface area contributed by atoms with Crippen LogP contribution in [0.5, 0.6) is 0 Å². The first-order chi connectivity index (χ1) is 12.3. The summed E-state index contributed by atoms with van der Waals surface area (Å²) in [6.45, 7) is -0.359. The monoisotopic (exact) mass is 336 g/mol. The summed E-state index contributed by atoms with van der Waals surface area (Å²) in [5.74, 6) is 19.1. The quantitative estimate of drug-likeness (QED) is 0.473. The van der Waals surface area contributed by atoms with Gasteiger partial charge in [-0.15, -0.1) is 6.42 Å². The molecule has 2 heteroatoms. The van der Waals surface area contributed by atoms with Crippen molar-refractivity contribution in [1.82, 2.24) is 0 Å². The normalized spacial score (nSPS) is 10.9. The van der Waals surface area contributed by atoms with Crippen LogP contribution in [0.15, 0.2) is 24.3 Å². The van der Waals surface area contributed by atoms with Crippen molar-refractivity contribution in [3.8, 4) is 47.9 Å². The van der Waals surface area contributed by atoms with Crippen LogP contribution in [0.25, 0.3) is 0 Å². The van der Waals surface area contributed by atoms with Gasteiger partial charge in [0.25, 0.3) is 0 Å². The Morgan fingerprint density at radius 2 is 1.52 bits per heavy atom. The first-order valence-corrected chi connectivity index (χ1v) is 8.83. The van der Waals surface area contributed by atoms with Crippen LogP contribution in [-0.2, 0) is 0 Å². The third-order valence-electron chi connectivity index (χ3n) is 3.18. The van der Waals surface area contributed by atoms with Crippen LogP contribution in [0, 0.1) is 47.9 Å². The number of unbranched alkanes of at least 4 members (excludes halogenated alkanes) is 7.